The molecule has 0 heterocycles. The molecule has 0 aromatic heterocycles. The second-order valence-electron chi connectivity index (χ2n) is 2.81. The molecule has 0 bridgehead atoms. The average Bonchev–Trinajstić information content (AvgIpc) is 2.15. The zero-order valence-corrected chi connectivity index (χ0v) is 9.06. The first-order valence-corrected chi connectivity index (χ1v) is 4.99. The smallest absolute Gasteiger partial charge is 0.0714 e. The molecule has 0 spiro atoms. The summed E-state index contributed by atoms with van der Waals surface area (Å²) in [6.07, 6.45) is 0. The third-order valence-electron chi connectivity index (χ3n) is 1.96. The highest BCUT2D eigenvalue weighted by molar-refractivity contribution is 9.10. The van der Waals surface area contributed by atoms with E-state index in [4.69, 9.17) is 17.3 Å². The quantitative estimate of drug-likeness (QED) is 0.712. The van der Waals surface area contributed by atoms with Crippen molar-refractivity contribution in [1.29, 1.82) is 0 Å². The first-order valence-electron chi connectivity index (χ1n) is 3.82. The van der Waals surface area contributed by atoms with Crippen LogP contribution in [0.5, 0.6) is 0 Å². The lowest BCUT2D eigenvalue weighted by atomic mass is 10.1. The molecule has 0 aliphatic rings. The van der Waals surface area contributed by atoms with Gasteiger partial charge in [0.2, 0.25) is 0 Å². The second-order valence-corrected chi connectivity index (χ2v) is 4.04. The summed E-state index contributed by atoms with van der Waals surface area (Å²) >= 11 is 9.50. The number of halogens is 2. The fourth-order valence-electron chi connectivity index (χ4n) is 1.32. The van der Waals surface area contributed by atoms with E-state index in [1.807, 2.05) is 30.3 Å². The summed E-state index contributed by atoms with van der Waals surface area (Å²) in [6.45, 7) is 0. The molecule has 0 aliphatic heterocycles. The van der Waals surface area contributed by atoms with E-state index in [1.165, 1.54) is 0 Å². The first kappa shape index (κ1) is 8.85. The van der Waals surface area contributed by atoms with Crippen LogP contribution in [0.2, 0.25) is 5.02 Å². The first-order chi connectivity index (χ1) is 6.20. The summed E-state index contributed by atoms with van der Waals surface area (Å²) in [6, 6.07) is 9.70. The summed E-state index contributed by atoms with van der Waals surface area (Å²) in [7, 11) is 0. The van der Waals surface area contributed by atoms with Crippen molar-refractivity contribution >= 4 is 44.0 Å². The Morgan fingerprint density at radius 2 is 1.77 bits per heavy atom. The molecule has 0 fully saturated rings. The number of rotatable bonds is 0. The van der Waals surface area contributed by atoms with Crippen molar-refractivity contribution in [1.82, 2.24) is 0 Å². The molecular weight excluding hydrogens is 249 g/mol. The molecule has 0 amide bonds. The molecule has 2 rings (SSSR count). The number of nitrogens with two attached hydrogens (primary N) is 1. The van der Waals surface area contributed by atoms with Gasteiger partial charge in [-0.3, -0.25) is 0 Å². The maximum Gasteiger partial charge on any atom is 0.0714 e. The van der Waals surface area contributed by atoms with Gasteiger partial charge in [0.1, 0.15) is 0 Å². The summed E-state index contributed by atoms with van der Waals surface area (Å²) < 4.78 is 0.977. The van der Waals surface area contributed by atoms with Crippen molar-refractivity contribution in [3.8, 4) is 0 Å². The Balaban J connectivity index is 2.97. The fraction of sp³-hybridized carbons (Fsp3) is 0. The molecule has 0 radical (unpaired) electrons. The van der Waals surface area contributed by atoms with E-state index in [9.17, 15) is 0 Å². The van der Waals surface area contributed by atoms with Gasteiger partial charge in [0.15, 0.2) is 0 Å². The van der Waals surface area contributed by atoms with Crippen LogP contribution in [0.3, 0.4) is 0 Å². The molecule has 0 atom stereocenters. The van der Waals surface area contributed by atoms with Gasteiger partial charge in [-0.25, -0.2) is 0 Å². The highest BCUT2D eigenvalue weighted by Gasteiger charge is 2.05. The van der Waals surface area contributed by atoms with Crippen LogP contribution in [0.4, 0.5) is 5.69 Å². The van der Waals surface area contributed by atoms with Crippen LogP contribution in [-0.4, -0.2) is 0 Å². The van der Waals surface area contributed by atoms with Crippen LogP contribution in [-0.2, 0) is 0 Å². The molecule has 2 aromatic carbocycles. The Labute approximate surface area is 89.6 Å². The maximum atomic E-state index is 6.05. The fourth-order valence-corrected chi connectivity index (χ4v) is 2.13. The minimum Gasteiger partial charge on any atom is -0.397 e. The van der Waals surface area contributed by atoms with E-state index >= 15 is 0 Å². The lowest BCUT2D eigenvalue weighted by molar-refractivity contribution is 1.69. The van der Waals surface area contributed by atoms with Gasteiger partial charge < -0.3 is 5.73 Å². The van der Waals surface area contributed by atoms with Crippen LogP contribution in [0.25, 0.3) is 10.8 Å². The van der Waals surface area contributed by atoms with E-state index in [2.05, 4.69) is 15.9 Å². The Morgan fingerprint density at radius 3 is 2.46 bits per heavy atom. The summed E-state index contributed by atoms with van der Waals surface area (Å²) in [5, 5.41) is 2.69. The molecule has 0 saturated heterocycles. The van der Waals surface area contributed by atoms with Crippen LogP contribution >= 0.6 is 27.5 Å². The third kappa shape index (κ3) is 1.40. The number of nitrogen functional groups attached to an aromatic ring is 1. The van der Waals surface area contributed by atoms with Crippen LogP contribution in [0.1, 0.15) is 0 Å². The number of fused-ring (bicyclic) bond motifs is 1. The zero-order chi connectivity index (χ0) is 9.42. The summed E-state index contributed by atoms with van der Waals surface area (Å²) in [5.41, 5.74) is 6.33. The lowest BCUT2D eigenvalue weighted by Crippen LogP contribution is -1.87. The van der Waals surface area contributed by atoms with E-state index in [-0.39, 0.29) is 0 Å². The van der Waals surface area contributed by atoms with E-state index in [0.29, 0.717) is 10.7 Å². The normalized spacial score (nSPS) is 10.6. The SMILES string of the molecule is Nc1cc(Br)c2ccccc2c1Cl. The third-order valence-corrected chi connectivity index (χ3v) is 3.03. The Bertz CT molecular complexity index is 468. The largest absolute Gasteiger partial charge is 0.397 e. The number of anilines is 1. The predicted octanol–water partition coefficient (Wildman–Crippen LogP) is 3.84. The zero-order valence-electron chi connectivity index (χ0n) is 6.72. The van der Waals surface area contributed by atoms with Gasteiger partial charge in [0.05, 0.1) is 10.7 Å². The Kier molecular flexibility index (Phi) is 2.18. The van der Waals surface area contributed by atoms with Gasteiger partial charge in [-0.05, 0) is 11.5 Å². The number of hydrogen-bond acceptors (Lipinski definition) is 1. The molecule has 0 unspecified atom stereocenters. The van der Waals surface area contributed by atoms with Crippen molar-refractivity contribution in [2.24, 2.45) is 0 Å². The number of benzene rings is 2. The van der Waals surface area contributed by atoms with Crippen molar-refractivity contribution in [3.63, 3.8) is 0 Å². The second kappa shape index (κ2) is 3.20. The van der Waals surface area contributed by atoms with Crippen molar-refractivity contribution in [3.05, 3.63) is 39.8 Å². The van der Waals surface area contributed by atoms with E-state index in [0.717, 1.165) is 15.2 Å². The standard InChI is InChI=1S/C10H7BrClN/c11-8-5-9(13)10(12)7-4-2-1-3-6(7)8/h1-5H,13H2. The summed E-state index contributed by atoms with van der Waals surface area (Å²) in [5.74, 6) is 0. The van der Waals surface area contributed by atoms with Gasteiger partial charge in [0.25, 0.3) is 0 Å². The lowest BCUT2D eigenvalue weighted by Gasteiger charge is -2.05. The molecule has 0 saturated carbocycles. The van der Waals surface area contributed by atoms with Gasteiger partial charge in [-0.15, -0.1) is 0 Å². The van der Waals surface area contributed by atoms with Gasteiger partial charge in [0, 0.05) is 9.86 Å². The van der Waals surface area contributed by atoms with E-state index < -0.39 is 0 Å². The minimum absolute atomic E-state index is 0.604. The highest BCUT2D eigenvalue weighted by Crippen LogP contribution is 2.34. The number of hydrogen-bond donors (Lipinski definition) is 1. The molecule has 66 valence electrons. The summed E-state index contributed by atoms with van der Waals surface area (Å²) in [4.78, 5) is 0. The monoisotopic (exact) mass is 255 g/mol. The molecule has 0 aliphatic carbocycles. The molecular formula is C10H7BrClN. The molecule has 3 heteroatoms. The Hall–Kier alpha value is -0.730. The molecule has 13 heavy (non-hydrogen) atoms. The molecule has 1 nitrogen and oxygen atoms in total. The molecule has 2 aromatic rings. The van der Waals surface area contributed by atoms with Crippen LogP contribution in [0.15, 0.2) is 34.8 Å². The molecule has 2 N–H and O–H groups in total. The minimum atomic E-state index is 0.604. The Morgan fingerprint density at radius 1 is 1.15 bits per heavy atom. The van der Waals surface area contributed by atoms with Gasteiger partial charge >= 0.3 is 0 Å². The van der Waals surface area contributed by atoms with Crippen LogP contribution in [0, 0.1) is 0 Å². The van der Waals surface area contributed by atoms with E-state index in [1.54, 1.807) is 0 Å². The van der Waals surface area contributed by atoms with Crippen LogP contribution < -0.4 is 5.73 Å². The average molecular weight is 257 g/mol. The van der Waals surface area contributed by atoms with Crippen molar-refractivity contribution in [2.75, 3.05) is 5.73 Å². The van der Waals surface area contributed by atoms with Crippen molar-refractivity contribution in [2.45, 2.75) is 0 Å². The van der Waals surface area contributed by atoms with Crippen molar-refractivity contribution < 1.29 is 0 Å². The highest BCUT2D eigenvalue weighted by atomic mass is 79.9. The maximum absolute atomic E-state index is 6.05. The topological polar surface area (TPSA) is 26.0 Å². The van der Waals surface area contributed by atoms with Gasteiger partial charge in [-0.1, -0.05) is 51.8 Å². The predicted molar refractivity (Wildman–Crippen MR) is 61.1 cm³/mol. The van der Waals surface area contributed by atoms with Gasteiger partial charge in [-0.2, -0.15) is 0 Å².